The maximum Gasteiger partial charge on any atom is 0.338 e. The summed E-state index contributed by atoms with van der Waals surface area (Å²) in [7, 11) is -2.47. The fourth-order valence-corrected chi connectivity index (χ4v) is 5.29. The molecule has 9 heteroatoms. The minimum Gasteiger partial charge on any atom is -0.495 e. The van der Waals surface area contributed by atoms with Crippen LogP contribution in [0.2, 0.25) is 0 Å². The van der Waals surface area contributed by atoms with Gasteiger partial charge in [-0.1, -0.05) is 30.5 Å². The van der Waals surface area contributed by atoms with Crippen LogP contribution in [-0.4, -0.2) is 50.9 Å². The number of rotatable bonds is 7. The molecule has 0 bridgehead atoms. The zero-order valence-electron chi connectivity index (χ0n) is 19.2. The monoisotopic (exact) mass is 474 g/mol. The second kappa shape index (κ2) is 10.8. The summed E-state index contributed by atoms with van der Waals surface area (Å²) in [6, 6.07) is 11.3. The number of anilines is 1. The van der Waals surface area contributed by atoms with Crippen molar-refractivity contribution in [2.45, 2.75) is 50.5 Å². The smallest absolute Gasteiger partial charge is 0.338 e. The first kappa shape index (κ1) is 24.7. The molecule has 1 fully saturated rings. The van der Waals surface area contributed by atoms with Gasteiger partial charge in [-0.05, 0) is 57.0 Å². The Morgan fingerprint density at radius 3 is 2.24 bits per heavy atom. The number of nitrogens with one attached hydrogen (secondary N) is 1. The van der Waals surface area contributed by atoms with Crippen molar-refractivity contribution in [3.63, 3.8) is 0 Å². The summed E-state index contributed by atoms with van der Waals surface area (Å²) in [6.45, 7) is 4.25. The molecule has 0 radical (unpaired) electrons. The third-order valence-corrected chi connectivity index (χ3v) is 7.47. The number of benzene rings is 2. The number of aryl methyl sites for hydroxylation is 1. The van der Waals surface area contributed by atoms with E-state index in [1.54, 1.807) is 12.1 Å². The molecule has 1 heterocycles. The number of hydrogen-bond acceptors (Lipinski definition) is 6. The number of hydrogen-bond donors (Lipinski definition) is 1. The number of nitrogens with zero attached hydrogens (tertiary/aromatic N) is 1. The van der Waals surface area contributed by atoms with Crippen LogP contribution in [0.1, 0.15) is 48.5 Å². The molecule has 2 aromatic rings. The first-order valence-corrected chi connectivity index (χ1v) is 12.4. The van der Waals surface area contributed by atoms with E-state index in [1.807, 2.05) is 19.1 Å². The molecule has 1 unspecified atom stereocenters. The Bertz CT molecular complexity index is 1090. The molecular formula is C24H30N2O6S. The molecule has 33 heavy (non-hydrogen) atoms. The standard InChI is InChI=1S/C24H30N2O6S/c1-17-8-11-20(12-9-17)25-23(27)18(2)32-24(28)19-10-13-21(31-3)22(16-19)33(29,30)26-14-6-4-5-7-15-26/h8-13,16,18H,4-7,14-15H2,1-3H3,(H,25,27). The highest BCUT2D eigenvalue weighted by atomic mass is 32.2. The summed E-state index contributed by atoms with van der Waals surface area (Å²) in [5.74, 6) is -1.13. The molecule has 0 aliphatic carbocycles. The van der Waals surface area contributed by atoms with E-state index in [0.29, 0.717) is 18.8 Å². The van der Waals surface area contributed by atoms with E-state index in [-0.39, 0.29) is 16.2 Å². The van der Waals surface area contributed by atoms with Gasteiger partial charge in [-0.3, -0.25) is 4.79 Å². The second-order valence-electron chi connectivity index (χ2n) is 8.09. The molecule has 178 valence electrons. The predicted molar refractivity (Wildman–Crippen MR) is 125 cm³/mol. The number of carbonyl (C=O) groups is 2. The number of ether oxygens (including phenoxy) is 2. The molecule has 0 aromatic heterocycles. The topological polar surface area (TPSA) is 102 Å². The van der Waals surface area contributed by atoms with Gasteiger partial charge in [0.25, 0.3) is 5.91 Å². The van der Waals surface area contributed by atoms with Crippen LogP contribution in [0.4, 0.5) is 5.69 Å². The first-order chi connectivity index (χ1) is 15.7. The van der Waals surface area contributed by atoms with Crippen molar-refractivity contribution in [1.82, 2.24) is 4.31 Å². The van der Waals surface area contributed by atoms with E-state index in [9.17, 15) is 18.0 Å². The number of carbonyl (C=O) groups excluding carboxylic acids is 2. The molecule has 0 spiro atoms. The lowest BCUT2D eigenvalue weighted by Gasteiger charge is -2.21. The van der Waals surface area contributed by atoms with Crippen molar-refractivity contribution < 1.29 is 27.5 Å². The Morgan fingerprint density at radius 1 is 1.00 bits per heavy atom. The number of esters is 1. The summed E-state index contributed by atoms with van der Waals surface area (Å²) in [5, 5.41) is 2.69. The van der Waals surface area contributed by atoms with E-state index in [0.717, 1.165) is 31.2 Å². The Morgan fingerprint density at radius 2 is 1.64 bits per heavy atom. The zero-order valence-corrected chi connectivity index (χ0v) is 20.0. The van der Waals surface area contributed by atoms with Gasteiger partial charge in [-0.15, -0.1) is 0 Å². The first-order valence-electron chi connectivity index (χ1n) is 11.0. The van der Waals surface area contributed by atoms with Crippen molar-refractivity contribution >= 4 is 27.6 Å². The zero-order chi connectivity index (χ0) is 24.0. The molecule has 8 nitrogen and oxygen atoms in total. The van der Waals surface area contributed by atoms with Gasteiger partial charge in [-0.2, -0.15) is 4.31 Å². The van der Waals surface area contributed by atoms with Gasteiger partial charge in [0, 0.05) is 18.8 Å². The Balaban J connectivity index is 1.76. The third-order valence-electron chi connectivity index (χ3n) is 5.55. The number of amides is 1. The number of sulfonamides is 1. The predicted octanol–water partition coefficient (Wildman–Crippen LogP) is 3.75. The van der Waals surface area contributed by atoms with Gasteiger partial charge < -0.3 is 14.8 Å². The van der Waals surface area contributed by atoms with Gasteiger partial charge in [0.2, 0.25) is 10.0 Å². The van der Waals surface area contributed by atoms with Crippen molar-refractivity contribution in [2.75, 3.05) is 25.5 Å². The summed E-state index contributed by atoms with van der Waals surface area (Å²) in [5.41, 5.74) is 1.67. The summed E-state index contributed by atoms with van der Waals surface area (Å²) < 4.78 is 38.6. The molecule has 1 amide bonds. The highest BCUT2D eigenvalue weighted by Gasteiger charge is 2.30. The largest absolute Gasteiger partial charge is 0.495 e. The van der Waals surface area contributed by atoms with Crippen LogP contribution in [0, 0.1) is 6.92 Å². The Labute approximate surface area is 194 Å². The quantitative estimate of drug-likeness (QED) is 0.613. The van der Waals surface area contributed by atoms with Crippen molar-refractivity contribution in [1.29, 1.82) is 0 Å². The molecule has 3 rings (SSSR count). The molecule has 1 N–H and O–H groups in total. The van der Waals surface area contributed by atoms with Gasteiger partial charge in [0.1, 0.15) is 10.6 Å². The van der Waals surface area contributed by atoms with Crippen LogP contribution in [0.15, 0.2) is 47.4 Å². The van der Waals surface area contributed by atoms with E-state index >= 15 is 0 Å². The maximum absolute atomic E-state index is 13.3. The summed E-state index contributed by atoms with van der Waals surface area (Å²) in [6.07, 6.45) is 2.47. The van der Waals surface area contributed by atoms with E-state index < -0.39 is 28.0 Å². The summed E-state index contributed by atoms with van der Waals surface area (Å²) in [4.78, 5) is 25.0. The second-order valence-corrected chi connectivity index (χ2v) is 9.99. The van der Waals surface area contributed by atoms with Crippen molar-refractivity contribution in [3.05, 3.63) is 53.6 Å². The molecular weight excluding hydrogens is 444 g/mol. The highest BCUT2D eigenvalue weighted by Crippen LogP contribution is 2.29. The van der Waals surface area contributed by atoms with Crippen LogP contribution < -0.4 is 10.1 Å². The lowest BCUT2D eigenvalue weighted by Crippen LogP contribution is -2.32. The van der Waals surface area contributed by atoms with Crippen molar-refractivity contribution in [3.8, 4) is 5.75 Å². The fraction of sp³-hybridized carbons (Fsp3) is 0.417. The van der Waals surface area contributed by atoms with Crippen LogP contribution in [0.3, 0.4) is 0 Å². The van der Waals surface area contributed by atoms with Gasteiger partial charge in [-0.25, -0.2) is 13.2 Å². The lowest BCUT2D eigenvalue weighted by molar-refractivity contribution is -0.123. The van der Waals surface area contributed by atoms with Gasteiger partial charge in [0.05, 0.1) is 12.7 Å². The lowest BCUT2D eigenvalue weighted by atomic mass is 10.2. The Kier molecular flexibility index (Phi) is 8.10. The van der Waals surface area contributed by atoms with E-state index in [2.05, 4.69) is 5.32 Å². The van der Waals surface area contributed by atoms with Crippen molar-refractivity contribution in [2.24, 2.45) is 0 Å². The average molecular weight is 475 g/mol. The van der Waals surface area contributed by atoms with Gasteiger partial charge in [0.15, 0.2) is 6.10 Å². The van der Waals surface area contributed by atoms with Crippen LogP contribution >= 0.6 is 0 Å². The maximum atomic E-state index is 13.3. The average Bonchev–Trinajstić information content (AvgIpc) is 3.10. The minimum absolute atomic E-state index is 0.0270. The summed E-state index contributed by atoms with van der Waals surface area (Å²) >= 11 is 0. The molecule has 1 aliphatic rings. The van der Waals surface area contributed by atoms with Crippen LogP contribution in [-0.2, 0) is 19.6 Å². The fourth-order valence-electron chi connectivity index (χ4n) is 3.59. The normalized spacial score (nSPS) is 15.8. The molecule has 2 aromatic carbocycles. The molecule has 1 atom stereocenters. The van der Waals surface area contributed by atoms with E-state index in [4.69, 9.17) is 9.47 Å². The molecule has 1 saturated heterocycles. The SMILES string of the molecule is COc1ccc(C(=O)OC(C)C(=O)Nc2ccc(C)cc2)cc1S(=O)(=O)N1CCCCCC1. The third kappa shape index (κ3) is 6.11. The Hall–Kier alpha value is -2.91. The molecule has 1 aliphatic heterocycles. The number of methoxy groups -OCH3 is 1. The van der Waals surface area contributed by atoms with E-state index in [1.165, 1.54) is 36.5 Å². The van der Waals surface area contributed by atoms with Gasteiger partial charge >= 0.3 is 5.97 Å². The van der Waals surface area contributed by atoms with Crippen LogP contribution in [0.5, 0.6) is 5.75 Å². The minimum atomic E-state index is -3.85. The van der Waals surface area contributed by atoms with Crippen LogP contribution in [0.25, 0.3) is 0 Å². The highest BCUT2D eigenvalue weighted by molar-refractivity contribution is 7.89. The molecule has 0 saturated carbocycles.